The molecule has 1 aliphatic rings. The van der Waals surface area contributed by atoms with Gasteiger partial charge in [0.2, 0.25) is 0 Å². The molecule has 0 spiro atoms. The molecule has 1 aromatic heterocycles. The van der Waals surface area contributed by atoms with Gasteiger partial charge in [-0.3, -0.25) is 9.59 Å². The third-order valence-electron chi connectivity index (χ3n) is 7.11. The van der Waals surface area contributed by atoms with Crippen LogP contribution in [0.5, 0.6) is 0 Å². The van der Waals surface area contributed by atoms with E-state index in [0.717, 1.165) is 55.5 Å². The fourth-order valence-electron chi connectivity index (χ4n) is 5.47. The zero-order chi connectivity index (χ0) is 25.1. The molecule has 36 heavy (non-hydrogen) atoms. The lowest BCUT2D eigenvalue weighted by atomic mass is 9.99. The molecule has 0 atom stereocenters. The van der Waals surface area contributed by atoms with Crippen molar-refractivity contribution < 1.29 is 9.59 Å². The molecule has 0 saturated heterocycles. The lowest BCUT2D eigenvalue weighted by Crippen LogP contribution is -2.40. The number of aryl methyl sites for hydroxylation is 4. The second-order valence-corrected chi connectivity index (χ2v) is 9.66. The lowest BCUT2D eigenvalue weighted by molar-refractivity contribution is 0.0888. The lowest BCUT2D eigenvalue weighted by Gasteiger charge is -2.24. The Morgan fingerprint density at radius 3 is 1.33 bits per heavy atom. The maximum atomic E-state index is 13.8. The van der Waals surface area contributed by atoms with Crippen LogP contribution in [0.2, 0.25) is 0 Å². The van der Waals surface area contributed by atoms with Gasteiger partial charge in [0.1, 0.15) is 0 Å². The van der Waals surface area contributed by atoms with Gasteiger partial charge in [-0.2, -0.15) is 5.01 Å². The quantitative estimate of drug-likeness (QED) is 0.263. The summed E-state index contributed by atoms with van der Waals surface area (Å²) in [7, 11) is 0. The van der Waals surface area contributed by atoms with Gasteiger partial charge < -0.3 is 0 Å². The summed E-state index contributed by atoms with van der Waals surface area (Å²) in [6, 6.07) is 27.8. The Kier molecular flexibility index (Phi) is 4.94. The molecule has 4 aromatic carbocycles. The maximum Gasteiger partial charge on any atom is 0.281 e. The average molecular weight is 471 g/mol. The van der Waals surface area contributed by atoms with Crippen LogP contribution in [-0.4, -0.2) is 16.5 Å². The van der Waals surface area contributed by atoms with E-state index in [1.165, 1.54) is 5.01 Å². The molecule has 0 saturated carbocycles. The van der Waals surface area contributed by atoms with Gasteiger partial charge in [-0.05, 0) is 51.0 Å². The number of benzene rings is 4. The molecule has 0 fully saturated rings. The third-order valence-corrected chi connectivity index (χ3v) is 7.11. The molecule has 6 rings (SSSR count). The standard InChI is InChI=1S/C32H26N2O2/c1-19-13-15-23(21(3)17-19)29-25-9-5-6-10-26(25)30(24-16-14-20(2)18-22(24)4)33(29)34-31(35)27-11-7-8-12-28(27)32(34)36/h5-18H,1-4H3. The largest absolute Gasteiger partial charge is 0.281 e. The van der Waals surface area contributed by atoms with Crippen LogP contribution in [0.4, 0.5) is 0 Å². The second kappa shape index (κ2) is 8.06. The van der Waals surface area contributed by atoms with Gasteiger partial charge in [0, 0.05) is 21.9 Å². The Balaban J connectivity index is 1.78. The van der Waals surface area contributed by atoms with Crippen molar-refractivity contribution in [2.45, 2.75) is 27.7 Å². The first-order valence-electron chi connectivity index (χ1n) is 12.1. The van der Waals surface area contributed by atoms with E-state index in [2.05, 4.69) is 76.2 Å². The number of nitrogens with zero attached hydrogens (tertiary/aromatic N) is 2. The molecule has 0 radical (unpaired) electrons. The number of fused-ring (bicyclic) bond motifs is 2. The number of aromatic nitrogens is 1. The highest BCUT2D eigenvalue weighted by Gasteiger charge is 2.40. The van der Waals surface area contributed by atoms with E-state index in [-0.39, 0.29) is 11.8 Å². The normalized spacial score (nSPS) is 13.1. The average Bonchev–Trinajstić information content (AvgIpc) is 3.31. The van der Waals surface area contributed by atoms with Crippen molar-refractivity contribution in [3.8, 4) is 22.5 Å². The van der Waals surface area contributed by atoms with Crippen LogP contribution < -0.4 is 5.01 Å². The molecule has 4 nitrogen and oxygen atoms in total. The van der Waals surface area contributed by atoms with Crippen LogP contribution in [-0.2, 0) is 0 Å². The highest BCUT2D eigenvalue weighted by molar-refractivity contribution is 6.31. The van der Waals surface area contributed by atoms with Gasteiger partial charge in [0.15, 0.2) is 0 Å². The summed E-state index contributed by atoms with van der Waals surface area (Å²) in [4.78, 5) is 27.6. The highest BCUT2D eigenvalue weighted by atomic mass is 16.2. The summed E-state index contributed by atoms with van der Waals surface area (Å²) in [5, 5.41) is 3.32. The Morgan fingerprint density at radius 1 is 0.500 bits per heavy atom. The number of imide groups is 1. The van der Waals surface area contributed by atoms with Gasteiger partial charge in [0.05, 0.1) is 22.5 Å². The van der Waals surface area contributed by atoms with E-state index < -0.39 is 0 Å². The molecule has 176 valence electrons. The predicted octanol–water partition coefficient (Wildman–Crippen LogP) is 7.14. The molecule has 0 aliphatic carbocycles. The monoisotopic (exact) mass is 470 g/mol. The first-order valence-corrected chi connectivity index (χ1v) is 12.1. The smallest absolute Gasteiger partial charge is 0.267 e. The molecule has 0 unspecified atom stereocenters. The van der Waals surface area contributed by atoms with Crippen molar-refractivity contribution in [3.63, 3.8) is 0 Å². The zero-order valence-corrected chi connectivity index (χ0v) is 20.8. The fourth-order valence-corrected chi connectivity index (χ4v) is 5.47. The van der Waals surface area contributed by atoms with Crippen LogP contribution in [0.15, 0.2) is 84.9 Å². The fraction of sp³-hybridized carbons (Fsp3) is 0.125. The number of carbonyl (C=O) groups is 2. The molecule has 5 aromatic rings. The topological polar surface area (TPSA) is 42.3 Å². The third kappa shape index (κ3) is 3.14. The van der Waals surface area contributed by atoms with Gasteiger partial charge in [-0.25, -0.2) is 4.68 Å². The highest BCUT2D eigenvalue weighted by Crippen LogP contribution is 2.43. The summed E-state index contributed by atoms with van der Waals surface area (Å²) in [6.45, 7) is 8.29. The van der Waals surface area contributed by atoms with Gasteiger partial charge in [-0.15, -0.1) is 0 Å². The van der Waals surface area contributed by atoms with Crippen molar-refractivity contribution in [1.82, 2.24) is 4.68 Å². The maximum absolute atomic E-state index is 13.8. The van der Waals surface area contributed by atoms with E-state index in [1.807, 2.05) is 16.8 Å². The molecular formula is C32H26N2O2. The molecule has 2 heterocycles. The van der Waals surface area contributed by atoms with Crippen molar-refractivity contribution >= 4 is 22.6 Å². The molecule has 0 bridgehead atoms. The minimum atomic E-state index is -0.312. The molecular weight excluding hydrogens is 444 g/mol. The van der Waals surface area contributed by atoms with E-state index in [1.54, 1.807) is 24.3 Å². The second-order valence-electron chi connectivity index (χ2n) is 9.66. The minimum Gasteiger partial charge on any atom is -0.267 e. The minimum absolute atomic E-state index is 0.312. The van der Waals surface area contributed by atoms with E-state index in [4.69, 9.17) is 0 Å². The van der Waals surface area contributed by atoms with Crippen LogP contribution in [0.25, 0.3) is 33.3 Å². The number of hydrogen-bond donors (Lipinski definition) is 0. The number of rotatable bonds is 3. The van der Waals surface area contributed by atoms with Gasteiger partial charge in [-0.1, -0.05) is 83.9 Å². The summed E-state index contributed by atoms with van der Waals surface area (Å²) in [5.41, 5.74) is 9.01. The van der Waals surface area contributed by atoms with Crippen molar-refractivity contribution in [3.05, 3.63) is 118 Å². The van der Waals surface area contributed by atoms with Gasteiger partial charge in [0.25, 0.3) is 11.8 Å². The first-order chi connectivity index (χ1) is 17.4. The Labute approximate surface area is 210 Å². The number of amides is 2. The van der Waals surface area contributed by atoms with Gasteiger partial charge >= 0.3 is 0 Å². The van der Waals surface area contributed by atoms with Crippen LogP contribution >= 0.6 is 0 Å². The first kappa shape index (κ1) is 22.1. The van der Waals surface area contributed by atoms with Crippen molar-refractivity contribution in [2.75, 3.05) is 5.01 Å². The molecule has 4 heteroatoms. The Hall–Kier alpha value is -4.44. The summed E-state index contributed by atoms with van der Waals surface area (Å²) in [5.74, 6) is -0.624. The van der Waals surface area contributed by atoms with Crippen LogP contribution in [0, 0.1) is 27.7 Å². The molecule has 1 aliphatic heterocycles. The van der Waals surface area contributed by atoms with E-state index >= 15 is 0 Å². The molecule has 0 N–H and O–H groups in total. The Morgan fingerprint density at radius 2 is 0.917 bits per heavy atom. The van der Waals surface area contributed by atoms with Crippen LogP contribution in [0.1, 0.15) is 43.0 Å². The SMILES string of the molecule is Cc1ccc(-c2c3ccccc3c(-c3ccc(C)cc3C)n2N2C(=O)c3ccccc3C2=O)c(C)c1. The zero-order valence-electron chi connectivity index (χ0n) is 20.8. The van der Waals surface area contributed by atoms with Crippen molar-refractivity contribution in [2.24, 2.45) is 0 Å². The summed E-state index contributed by atoms with van der Waals surface area (Å²) < 4.78 is 1.87. The van der Waals surface area contributed by atoms with E-state index in [0.29, 0.717) is 11.1 Å². The van der Waals surface area contributed by atoms with Crippen LogP contribution in [0.3, 0.4) is 0 Å². The number of hydrogen-bond acceptors (Lipinski definition) is 2. The number of carbonyl (C=O) groups excluding carboxylic acids is 2. The Bertz CT molecular complexity index is 1600. The summed E-state index contributed by atoms with van der Waals surface area (Å²) >= 11 is 0. The predicted molar refractivity (Wildman–Crippen MR) is 145 cm³/mol. The molecule has 2 amide bonds. The van der Waals surface area contributed by atoms with Crippen molar-refractivity contribution in [1.29, 1.82) is 0 Å². The summed E-state index contributed by atoms with van der Waals surface area (Å²) in [6.07, 6.45) is 0. The van der Waals surface area contributed by atoms with E-state index in [9.17, 15) is 9.59 Å².